The molecule has 1 amide bonds. The molecule has 2 aromatic carbocycles. The highest BCUT2D eigenvalue weighted by Crippen LogP contribution is 2.33. The Morgan fingerprint density at radius 1 is 1.26 bits per heavy atom. The minimum atomic E-state index is -0.143. The number of thiazole rings is 1. The van der Waals surface area contributed by atoms with Crippen LogP contribution < -0.4 is 5.32 Å². The number of nitrogens with one attached hydrogen (secondary N) is 1. The molecule has 0 aliphatic carbocycles. The topological polar surface area (TPSA) is 75.1 Å². The Labute approximate surface area is 168 Å². The highest BCUT2D eigenvalue weighted by atomic mass is 35.5. The molecule has 0 radical (unpaired) electrons. The second-order valence-electron chi connectivity index (χ2n) is 5.78. The van der Waals surface area contributed by atoms with Crippen molar-refractivity contribution in [3.8, 4) is 5.75 Å². The van der Waals surface area contributed by atoms with Crippen molar-refractivity contribution in [3.05, 3.63) is 59.2 Å². The maximum Gasteiger partial charge on any atom is 0.230 e. The Kier molecular flexibility index (Phi) is 5.15. The zero-order chi connectivity index (χ0) is 18.8. The number of thioether (sulfide) groups is 1. The van der Waals surface area contributed by atoms with E-state index in [1.165, 1.54) is 11.8 Å². The first-order valence-electron chi connectivity index (χ1n) is 8.12. The van der Waals surface area contributed by atoms with Crippen molar-refractivity contribution >= 4 is 61.7 Å². The summed E-state index contributed by atoms with van der Waals surface area (Å²) in [5.41, 5.74) is 1.90. The predicted molar refractivity (Wildman–Crippen MR) is 111 cm³/mol. The highest BCUT2D eigenvalue weighted by Gasteiger charge is 2.13. The lowest BCUT2D eigenvalue weighted by atomic mass is 10.1. The number of aromatic nitrogens is 2. The van der Waals surface area contributed by atoms with Gasteiger partial charge >= 0.3 is 0 Å². The standard InChI is InChI=1S/C19H14ClN3O2S2/c20-13-8-11(18(25)17-12(13)4-3-7-21-17)9-22-16(24)10-26-19-23-14-5-1-2-6-15(14)27-19/h1-8,25H,9-10H2,(H,22,24). The Morgan fingerprint density at radius 3 is 2.96 bits per heavy atom. The van der Waals surface area contributed by atoms with Gasteiger partial charge in [-0.1, -0.05) is 35.5 Å². The Hall–Kier alpha value is -2.35. The fourth-order valence-electron chi connectivity index (χ4n) is 2.66. The first-order valence-corrected chi connectivity index (χ1v) is 10.3. The molecule has 0 saturated carbocycles. The largest absolute Gasteiger partial charge is 0.505 e. The predicted octanol–water partition coefficient (Wildman–Crippen LogP) is 4.61. The van der Waals surface area contributed by atoms with E-state index >= 15 is 0 Å². The Bertz CT molecular complexity index is 1110. The normalized spacial score (nSPS) is 11.1. The number of amides is 1. The molecule has 0 fully saturated rings. The van der Waals surface area contributed by atoms with Gasteiger partial charge in [-0.05, 0) is 30.3 Å². The number of nitrogens with zero attached hydrogens (tertiary/aromatic N) is 2. The van der Waals surface area contributed by atoms with Crippen LogP contribution in [-0.4, -0.2) is 26.7 Å². The zero-order valence-electron chi connectivity index (χ0n) is 14.0. The number of para-hydroxylation sites is 1. The minimum Gasteiger partial charge on any atom is -0.505 e. The maximum absolute atomic E-state index is 12.2. The molecule has 27 heavy (non-hydrogen) atoms. The van der Waals surface area contributed by atoms with E-state index in [-0.39, 0.29) is 24.0 Å². The zero-order valence-corrected chi connectivity index (χ0v) is 16.4. The van der Waals surface area contributed by atoms with Gasteiger partial charge in [0.05, 0.1) is 21.0 Å². The van der Waals surface area contributed by atoms with Gasteiger partial charge in [-0.15, -0.1) is 11.3 Å². The Morgan fingerprint density at radius 2 is 2.11 bits per heavy atom. The van der Waals surface area contributed by atoms with E-state index in [4.69, 9.17) is 11.6 Å². The molecule has 0 aliphatic heterocycles. The van der Waals surface area contributed by atoms with E-state index in [2.05, 4.69) is 15.3 Å². The smallest absolute Gasteiger partial charge is 0.230 e. The van der Waals surface area contributed by atoms with Crippen LogP contribution in [-0.2, 0) is 11.3 Å². The van der Waals surface area contributed by atoms with Gasteiger partial charge < -0.3 is 10.4 Å². The van der Waals surface area contributed by atoms with Gasteiger partial charge in [0, 0.05) is 23.7 Å². The summed E-state index contributed by atoms with van der Waals surface area (Å²) in [4.78, 5) is 20.8. The SMILES string of the molecule is O=C(CSc1nc2ccccc2s1)NCc1cc(Cl)c2cccnc2c1O. The van der Waals surface area contributed by atoms with Crippen LogP contribution in [0.5, 0.6) is 5.75 Å². The number of phenols is 1. The van der Waals surface area contributed by atoms with E-state index in [0.717, 1.165) is 14.6 Å². The van der Waals surface area contributed by atoms with Crippen LogP contribution in [0.1, 0.15) is 5.56 Å². The fourth-order valence-corrected chi connectivity index (χ4v) is 4.84. The third-order valence-electron chi connectivity index (χ3n) is 3.97. The van der Waals surface area contributed by atoms with Crippen LogP contribution in [0.2, 0.25) is 5.02 Å². The van der Waals surface area contributed by atoms with Crippen LogP contribution in [0, 0.1) is 0 Å². The molecule has 0 aliphatic rings. The van der Waals surface area contributed by atoms with Crippen LogP contribution >= 0.6 is 34.7 Å². The number of carbonyl (C=O) groups excluding carboxylic acids is 1. The summed E-state index contributed by atoms with van der Waals surface area (Å²) in [6.07, 6.45) is 1.59. The number of carbonyl (C=O) groups is 1. The second-order valence-corrected chi connectivity index (χ2v) is 8.44. The second kappa shape index (κ2) is 7.72. The number of aromatic hydroxyl groups is 1. The van der Waals surface area contributed by atoms with Gasteiger partial charge in [-0.3, -0.25) is 9.78 Å². The molecular weight excluding hydrogens is 402 g/mol. The number of halogens is 1. The summed E-state index contributed by atoms with van der Waals surface area (Å²) in [6.45, 7) is 0.178. The summed E-state index contributed by atoms with van der Waals surface area (Å²) >= 11 is 9.21. The molecule has 0 saturated heterocycles. The molecule has 4 aromatic rings. The Balaban J connectivity index is 1.40. The number of hydrogen-bond acceptors (Lipinski definition) is 6. The van der Waals surface area contributed by atoms with Gasteiger partial charge in [0.25, 0.3) is 0 Å². The lowest BCUT2D eigenvalue weighted by Crippen LogP contribution is -2.24. The van der Waals surface area contributed by atoms with Crippen molar-refractivity contribution in [1.82, 2.24) is 15.3 Å². The lowest BCUT2D eigenvalue weighted by Gasteiger charge is -2.10. The summed E-state index contributed by atoms with van der Waals surface area (Å²) in [6, 6.07) is 13.1. The van der Waals surface area contributed by atoms with Crippen LogP contribution in [0.3, 0.4) is 0 Å². The summed E-state index contributed by atoms with van der Waals surface area (Å²) in [7, 11) is 0. The molecule has 136 valence electrons. The van der Waals surface area contributed by atoms with E-state index in [0.29, 0.717) is 21.5 Å². The molecular formula is C19H14ClN3O2S2. The molecule has 0 atom stereocenters. The number of hydrogen-bond donors (Lipinski definition) is 2. The minimum absolute atomic E-state index is 0.0362. The third-order valence-corrected chi connectivity index (χ3v) is 6.46. The number of rotatable bonds is 5. The monoisotopic (exact) mass is 415 g/mol. The average molecular weight is 416 g/mol. The first kappa shape index (κ1) is 18.0. The van der Waals surface area contributed by atoms with Crippen LogP contribution in [0.25, 0.3) is 21.1 Å². The van der Waals surface area contributed by atoms with E-state index in [1.54, 1.807) is 35.7 Å². The molecule has 2 aromatic heterocycles. The molecule has 5 nitrogen and oxygen atoms in total. The van der Waals surface area contributed by atoms with Crippen molar-refractivity contribution in [3.63, 3.8) is 0 Å². The summed E-state index contributed by atoms with van der Waals surface area (Å²) < 4.78 is 1.95. The lowest BCUT2D eigenvalue weighted by molar-refractivity contribution is -0.118. The molecule has 2 N–H and O–H groups in total. The molecule has 0 bridgehead atoms. The fraction of sp³-hybridized carbons (Fsp3) is 0.105. The van der Waals surface area contributed by atoms with Crippen molar-refractivity contribution in [1.29, 1.82) is 0 Å². The summed E-state index contributed by atoms with van der Waals surface area (Å²) in [5, 5.41) is 14.4. The molecule has 0 spiro atoms. The van der Waals surface area contributed by atoms with Crippen molar-refractivity contribution < 1.29 is 9.90 Å². The van der Waals surface area contributed by atoms with Gasteiger partial charge in [0.15, 0.2) is 4.34 Å². The maximum atomic E-state index is 12.2. The van der Waals surface area contributed by atoms with E-state index in [9.17, 15) is 9.90 Å². The van der Waals surface area contributed by atoms with E-state index in [1.807, 2.05) is 24.3 Å². The molecule has 4 rings (SSSR count). The molecule has 0 unspecified atom stereocenters. The number of fused-ring (bicyclic) bond motifs is 2. The quantitative estimate of drug-likeness (QED) is 0.465. The molecule has 2 heterocycles. The third kappa shape index (κ3) is 3.85. The highest BCUT2D eigenvalue weighted by molar-refractivity contribution is 8.01. The van der Waals surface area contributed by atoms with Gasteiger partial charge in [-0.2, -0.15) is 0 Å². The summed E-state index contributed by atoms with van der Waals surface area (Å²) in [5.74, 6) is 0.144. The van der Waals surface area contributed by atoms with Gasteiger partial charge in [-0.25, -0.2) is 4.98 Å². The van der Waals surface area contributed by atoms with E-state index < -0.39 is 0 Å². The first-order chi connectivity index (χ1) is 13.1. The van der Waals surface area contributed by atoms with Crippen molar-refractivity contribution in [2.45, 2.75) is 10.9 Å². The van der Waals surface area contributed by atoms with Gasteiger partial charge in [0.1, 0.15) is 11.3 Å². The number of pyridine rings is 1. The molecule has 8 heteroatoms. The van der Waals surface area contributed by atoms with Crippen LogP contribution in [0.15, 0.2) is 53.0 Å². The number of phenolic OH excluding ortho intramolecular Hbond substituents is 1. The van der Waals surface area contributed by atoms with Crippen LogP contribution in [0.4, 0.5) is 0 Å². The average Bonchev–Trinajstić information content (AvgIpc) is 3.11. The van der Waals surface area contributed by atoms with Gasteiger partial charge in [0.2, 0.25) is 5.91 Å². The number of benzene rings is 2. The van der Waals surface area contributed by atoms with Crippen molar-refractivity contribution in [2.75, 3.05) is 5.75 Å². The van der Waals surface area contributed by atoms with Crippen molar-refractivity contribution in [2.24, 2.45) is 0 Å².